The molecule has 1 heterocycles. The molecule has 1 N–H and O–H groups in total. The summed E-state index contributed by atoms with van der Waals surface area (Å²) in [6.07, 6.45) is 3.10. The van der Waals surface area contributed by atoms with Crippen LogP contribution in [0.3, 0.4) is 0 Å². The number of nitro benzene ring substituents is 1. The largest absolute Gasteiger partial charge is 0.322 e. The number of aromatic nitrogens is 3. The molecule has 1 aromatic heterocycles. The molecular formula is C16H13N5O3. The molecule has 3 aromatic rings. The van der Waals surface area contributed by atoms with Gasteiger partial charge in [-0.3, -0.25) is 14.9 Å². The van der Waals surface area contributed by atoms with Crippen LogP contribution in [0.5, 0.6) is 0 Å². The predicted molar refractivity (Wildman–Crippen MR) is 86.6 cm³/mol. The van der Waals surface area contributed by atoms with Crippen LogP contribution in [0.1, 0.15) is 15.9 Å². The van der Waals surface area contributed by atoms with Gasteiger partial charge in [-0.05, 0) is 29.8 Å². The second-order valence-electron chi connectivity index (χ2n) is 5.05. The number of anilines is 1. The fourth-order valence-electron chi connectivity index (χ4n) is 2.13. The van der Waals surface area contributed by atoms with Gasteiger partial charge in [0, 0.05) is 23.4 Å². The maximum absolute atomic E-state index is 12.1. The summed E-state index contributed by atoms with van der Waals surface area (Å²) in [5.74, 6) is -0.325. The molecule has 0 aliphatic heterocycles. The molecule has 0 unspecified atom stereocenters. The van der Waals surface area contributed by atoms with Crippen LogP contribution < -0.4 is 5.32 Å². The first-order chi connectivity index (χ1) is 11.6. The lowest BCUT2D eigenvalue weighted by Crippen LogP contribution is -2.11. The minimum absolute atomic E-state index is 0.0518. The summed E-state index contributed by atoms with van der Waals surface area (Å²) in [6.45, 7) is 0.594. The average molecular weight is 323 g/mol. The minimum atomic E-state index is -0.504. The van der Waals surface area contributed by atoms with E-state index in [2.05, 4.69) is 15.4 Å². The second-order valence-corrected chi connectivity index (χ2v) is 5.05. The monoisotopic (exact) mass is 323 g/mol. The van der Waals surface area contributed by atoms with Crippen LogP contribution in [0.2, 0.25) is 0 Å². The van der Waals surface area contributed by atoms with Crippen LogP contribution in [0.15, 0.2) is 61.2 Å². The topological polar surface area (TPSA) is 103 Å². The van der Waals surface area contributed by atoms with Crippen molar-refractivity contribution in [3.8, 4) is 0 Å². The summed E-state index contributed by atoms with van der Waals surface area (Å²) in [7, 11) is 0. The predicted octanol–water partition coefficient (Wildman–Crippen LogP) is 2.49. The maximum atomic E-state index is 12.1. The summed E-state index contributed by atoms with van der Waals surface area (Å²) in [5, 5.41) is 17.4. The number of carbonyl (C=O) groups is 1. The van der Waals surface area contributed by atoms with E-state index in [1.165, 1.54) is 30.6 Å². The van der Waals surface area contributed by atoms with Crippen molar-refractivity contribution in [1.82, 2.24) is 14.8 Å². The van der Waals surface area contributed by atoms with Crippen molar-refractivity contribution in [1.29, 1.82) is 0 Å². The van der Waals surface area contributed by atoms with E-state index in [1.807, 2.05) is 12.1 Å². The number of hydrogen-bond donors (Lipinski definition) is 1. The Morgan fingerprint density at radius 1 is 1.12 bits per heavy atom. The molecule has 0 saturated heterocycles. The molecule has 0 aliphatic rings. The van der Waals surface area contributed by atoms with Crippen LogP contribution in [-0.2, 0) is 6.54 Å². The molecule has 0 fully saturated rings. The Morgan fingerprint density at radius 2 is 1.83 bits per heavy atom. The van der Waals surface area contributed by atoms with Crippen LogP contribution >= 0.6 is 0 Å². The van der Waals surface area contributed by atoms with E-state index < -0.39 is 4.92 Å². The SMILES string of the molecule is O=C(Nc1ccc(Cn2cncn2)cc1)c1ccc([N+](=O)[O-])cc1. The zero-order valence-corrected chi connectivity index (χ0v) is 12.5. The zero-order chi connectivity index (χ0) is 16.9. The van der Waals surface area contributed by atoms with Gasteiger partial charge in [0.15, 0.2) is 0 Å². The smallest absolute Gasteiger partial charge is 0.269 e. The Labute approximate surface area is 136 Å². The molecule has 24 heavy (non-hydrogen) atoms. The third-order valence-electron chi connectivity index (χ3n) is 3.36. The molecule has 8 heteroatoms. The third-order valence-corrected chi connectivity index (χ3v) is 3.36. The molecule has 0 aliphatic carbocycles. The molecule has 120 valence electrons. The van der Waals surface area contributed by atoms with E-state index in [0.29, 0.717) is 17.8 Å². The number of nitrogens with zero attached hydrogens (tertiary/aromatic N) is 4. The van der Waals surface area contributed by atoms with E-state index in [0.717, 1.165) is 5.56 Å². The lowest BCUT2D eigenvalue weighted by atomic mass is 10.1. The summed E-state index contributed by atoms with van der Waals surface area (Å²) < 4.78 is 1.70. The molecule has 0 bridgehead atoms. The Bertz CT molecular complexity index is 842. The van der Waals surface area contributed by atoms with E-state index in [9.17, 15) is 14.9 Å². The van der Waals surface area contributed by atoms with E-state index in [4.69, 9.17) is 0 Å². The highest BCUT2D eigenvalue weighted by atomic mass is 16.6. The molecule has 3 rings (SSSR count). The molecule has 1 amide bonds. The minimum Gasteiger partial charge on any atom is -0.322 e. The van der Waals surface area contributed by atoms with Gasteiger partial charge in [0.1, 0.15) is 12.7 Å². The van der Waals surface area contributed by atoms with Gasteiger partial charge in [0.2, 0.25) is 0 Å². The first-order valence-corrected chi connectivity index (χ1v) is 7.09. The summed E-state index contributed by atoms with van der Waals surface area (Å²) in [4.78, 5) is 26.1. The lowest BCUT2D eigenvalue weighted by molar-refractivity contribution is -0.384. The maximum Gasteiger partial charge on any atom is 0.269 e. The Morgan fingerprint density at radius 3 is 2.42 bits per heavy atom. The highest BCUT2D eigenvalue weighted by Gasteiger charge is 2.09. The number of hydrogen-bond acceptors (Lipinski definition) is 5. The highest BCUT2D eigenvalue weighted by Crippen LogP contribution is 2.15. The van der Waals surface area contributed by atoms with Crippen molar-refractivity contribution >= 4 is 17.3 Å². The lowest BCUT2D eigenvalue weighted by Gasteiger charge is -2.07. The van der Waals surface area contributed by atoms with Crippen molar-refractivity contribution in [3.63, 3.8) is 0 Å². The normalized spacial score (nSPS) is 10.3. The number of nitrogens with one attached hydrogen (secondary N) is 1. The van der Waals surface area contributed by atoms with Gasteiger partial charge in [0.25, 0.3) is 11.6 Å². The summed E-state index contributed by atoms with van der Waals surface area (Å²) in [6, 6.07) is 12.8. The quantitative estimate of drug-likeness (QED) is 0.574. The van der Waals surface area contributed by atoms with Crippen molar-refractivity contribution in [3.05, 3.63) is 82.4 Å². The number of amides is 1. The fraction of sp³-hybridized carbons (Fsp3) is 0.0625. The molecule has 0 radical (unpaired) electrons. The van der Waals surface area contributed by atoms with Crippen LogP contribution in [0.4, 0.5) is 11.4 Å². The van der Waals surface area contributed by atoms with Gasteiger partial charge >= 0.3 is 0 Å². The molecule has 0 saturated carbocycles. The Balaban J connectivity index is 1.64. The van der Waals surface area contributed by atoms with Crippen LogP contribution in [-0.4, -0.2) is 25.6 Å². The Hall–Kier alpha value is -3.55. The Kier molecular flexibility index (Phi) is 4.28. The number of nitro groups is 1. The van der Waals surface area contributed by atoms with Gasteiger partial charge in [-0.1, -0.05) is 12.1 Å². The molecular weight excluding hydrogens is 310 g/mol. The molecule has 0 spiro atoms. The summed E-state index contributed by atoms with van der Waals surface area (Å²) in [5.41, 5.74) is 1.96. The summed E-state index contributed by atoms with van der Waals surface area (Å²) >= 11 is 0. The van der Waals surface area contributed by atoms with E-state index in [-0.39, 0.29) is 11.6 Å². The fourth-order valence-corrected chi connectivity index (χ4v) is 2.13. The first kappa shape index (κ1) is 15.3. The number of carbonyl (C=O) groups excluding carboxylic acids is 1. The first-order valence-electron chi connectivity index (χ1n) is 7.09. The second kappa shape index (κ2) is 6.69. The standard InChI is InChI=1S/C16H13N5O3/c22-16(13-3-7-15(8-4-13)21(23)24)19-14-5-1-12(2-6-14)9-20-11-17-10-18-20/h1-8,10-11H,9H2,(H,19,22). The van der Waals surface area contributed by atoms with E-state index >= 15 is 0 Å². The third kappa shape index (κ3) is 3.61. The average Bonchev–Trinajstić information content (AvgIpc) is 3.09. The zero-order valence-electron chi connectivity index (χ0n) is 12.5. The van der Waals surface area contributed by atoms with Crippen molar-refractivity contribution in [2.24, 2.45) is 0 Å². The van der Waals surface area contributed by atoms with Gasteiger partial charge in [-0.15, -0.1) is 0 Å². The van der Waals surface area contributed by atoms with Gasteiger partial charge in [-0.2, -0.15) is 5.10 Å². The van der Waals surface area contributed by atoms with Crippen molar-refractivity contribution in [2.75, 3.05) is 5.32 Å². The number of benzene rings is 2. The van der Waals surface area contributed by atoms with E-state index in [1.54, 1.807) is 23.1 Å². The number of rotatable bonds is 5. The number of non-ortho nitro benzene ring substituents is 1. The molecule has 2 aromatic carbocycles. The van der Waals surface area contributed by atoms with Crippen LogP contribution in [0.25, 0.3) is 0 Å². The van der Waals surface area contributed by atoms with Gasteiger partial charge < -0.3 is 5.32 Å². The van der Waals surface area contributed by atoms with Gasteiger partial charge in [-0.25, -0.2) is 9.67 Å². The van der Waals surface area contributed by atoms with Crippen molar-refractivity contribution < 1.29 is 9.72 Å². The molecule has 8 nitrogen and oxygen atoms in total. The highest BCUT2D eigenvalue weighted by molar-refractivity contribution is 6.04. The molecule has 0 atom stereocenters. The van der Waals surface area contributed by atoms with Gasteiger partial charge in [0.05, 0.1) is 11.5 Å². The van der Waals surface area contributed by atoms with Crippen molar-refractivity contribution in [2.45, 2.75) is 6.54 Å². The van der Waals surface area contributed by atoms with Crippen LogP contribution in [0, 0.1) is 10.1 Å².